The summed E-state index contributed by atoms with van der Waals surface area (Å²) in [5.41, 5.74) is 7.29. The highest BCUT2D eigenvalue weighted by Gasteiger charge is 2.29. The molecule has 194 valence electrons. The highest BCUT2D eigenvalue weighted by atomic mass is 35.5. The average molecular weight is 523 g/mol. The number of hydrogen-bond acceptors (Lipinski definition) is 9. The SMILES string of the molecule is CCOC(=O)c1c(COCCN)nc(C)c(C(=O)OC)c1-c1ccccc1Cl.O=C(O)/C=C/C(=O)O. The van der Waals surface area contributed by atoms with Crippen LogP contribution in [-0.2, 0) is 30.4 Å². The summed E-state index contributed by atoms with van der Waals surface area (Å²) >= 11 is 6.39. The Kier molecular flexibility index (Phi) is 12.8. The van der Waals surface area contributed by atoms with Crippen LogP contribution in [0, 0.1) is 6.92 Å². The molecule has 0 bridgehead atoms. The molecule has 12 heteroatoms. The Balaban J connectivity index is 0.000000697. The minimum absolute atomic E-state index is 0.0328. The number of methoxy groups -OCH3 is 1. The number of nitrogens with zero attached hydrogens (tertiary/aromatic N) is 1. The van der Waals surface area contributed by atoms with E-state index < -0.39 is 23.9 Å². The Bertz CT molecular complexity index is 1120. The summed E-state index contributed by atoms with van der Waals surface area (Å²) < 4.78 is 15.7. The number of ether oxygens (including phenoxy) is 3. The van der Waals surface area contributed by atoms with Gasteiger partial charge in [-0.25, -0.2) is 19.2 Å². The Morgan fingerprint density at radius 3 is 2.17 bits per heavy atom. The van der Waals surface area contributed by atoms with Crippen LogP contribution in [0.15, 0.2) is 36.4 Å². The van der Waals surface area contributed by atoms with E-state index in [0.717, 1.165) is 0 Å². The molecule has 1 heterocycles. The number of carboxylic acids is 2. The molecule has 36 heavy (non-hydrogen) atoms. The van der Waals surface area contributed by atoms with Crippen molar-refractivity contribution in [3.05, 3.63) is 64.0 Å². The van der Waals surface area contributed by atoms with Gasteiger partial charge in [0, 0.05) is 34.8 Å². The minimum atomic E-state index is -1.26. The predicted octanol–water partition coefficient (Wildman–Crippen LogP) is 2.86. The molecule has 0 unspecified atom stereocenters. The third-order valence-electron chi connectivity index (χ3n) is 4.33. The molecule has 1 aromatic carbocycles. The van der Waals surface area contributed by atoms with E-state index in [1.165, 1.54) is 7.11 Å². The monoisotopic (exact) mass is 522 g/mol. The van der Waals surface area contributed by atoms with Gasteiger partial charge in [-0.1, -0.05) is 29.8 Å². The zero-order valence-corrected chi connectivity index (χ0v) is 20.7. The maximum absolute atomic E-state index is 12.8. The molecule has 2 rings (SSSR count). The summed E-state index contributed by atoms with van der Waals surface area (Å²) in [6, 6.07) is 6.91. The number of carbonyl (C=O) groups excluding carboxylic acids is 2. The number of pyridine rings is 1. The fourth-order valence-corrected chi connectivity index (χ4v) is 3.20. The zero-order valence-electron chi connectivity index (χ0n) is 19.9. The van der Waals surface area contributed by atoms with E-state index in [1.807, 2.05) is 0 Å². The van der Waals surface area contributed by atoms with Crippen molar-refractivity contribution in [2.24, 2.45) is 5.73 Å². The molecule has 4 N–H and O–H groups in total. The molecule has 0 fully saturated rings. The highest BCUT2D eigenvalue weighted by Crippen LogP contribution is 2.36. The third-order valence-corrected chi connectivity index (χ3v) is 4.66. The molecule has 0 radical (unpaired) electrons. The summed E-state index contributed by atoms with van der Waals surface area (Å²) in [5, 5.41) is 16.0. The maximum Gasteiger partial charge on any atom is 0.340 e. The lowest BCUT2D eigenvalue weighted by atomic mass is 9.92. The van der Waals surface area contributed by atoms with Crippen molar-refractivity contribution in [1.82, 2.24) is 4.98 Å². The van der Waals surface area contributed by atoms with E-state index in [9.17, 15) is 19.2 Å². The normalized spacial score (nSPS) is 10.4. The number of rotatable bonds is 10. The summed E-state index contributed by atoms with van der Waals surface area (Å²) in [6.07, 6.45) is 1.12. The molecule has 2 aromatic rings. The largest absolute Gasteiger partial charge is 0.478 e. The number of nitrogens with two attached hydrogens (primary N) is 1. The first-order chi connectivity index (χ1) is 17.1. The van der Waals surface area contributed by atoms with Crippen molar-refractivity contribution in [1.29, 1.82) is 0 Å². The molecular formula is C24H27ClN2O9. The van der Waals surface area contributed by atoms with Crippen molar-refractivity contribution in [3.8, 4) is 11.1 Å². The second-order valence-corrected chi connectivity index (χ2v) is 7.22. The van der Waals surface area contributed by atoms with Gasteiger partial charge in [0.15, 0.2) is 0 Å². The van der Waals surface area contributed by atoms with Gasteiger partial charge in [-0.15, -0.1) is 0 Å². The standard InChI is InChI=1S/C20H23ClN2O5.C4H4O4/c1-4-28-20(25)18-15(11-27-10-9-22)23-12(2)16(19(24)26-3)17(18)13-7-5-6-8-14(13)21;5-3(6)1-2-4(7)8/h5-8H,4,9-11,22H2,1-3H3;1-2H,(H,5,6)(H,7,8)/b;2-1+. The van der Waals surface area contributed by atoms with E-state index >= 15 is 0 Å². The van der Waals surface area contributed by atoms with Crippen LogP contribution in [0.25, 0.3) is 11.1 Å². The van der Waals surface area contributed by atoms with Gasteiger partial charge >= 0.3 is 23.9 Å². The Labute approximate surface area is 212 Å². The van der Waals surface area contributed by atoms with E-state index in [4.69, 9.17) is 41.8 Å². The van der Waals surface area contributed by atoms with Crippen LogP contribution in [0.3, 0.4) is 0 Å². The third kappa shape index (κ3) is 8.77. The number of aliphatic carboxylic acids is 2. The van der Waals surface area contributed by atoms with E-state index in [0.29, 0.717) is 52.8 Å². The number of esters is 2. The van der Waals surface area contributed by atoms with Crippen molar-refractivity contribution in [2.45, 2.75) is 20.5 Å². The summed E-state index contributed by atoms with van der Waals surface area (Å²) in [4.78, 5) is 48.9. The molecule has 0 atom stereocenters. The second-order valence-electron chi connectivity index (χ2n) is 6.81. The summed E-state index contributed by atoms with van der Waals surface area (Å²) in [6.45, 7) is 4.17. The number of benzene rings is 1. The molecule has 0 aliphatic carbocycles. The number of carbonyl (C=O) groups is 4. The summed E-state index contributed by atoms with van der Waals surface area (Å²) in [7, 11) is 1.26. The number of aromatic nitrogens is 1. The van der Waals surface area contributed by atoms with Crippen molar-refractivity contribution in [2.75, 3.05) is 26.9 Å². The van der Waals surface area contributed by atoms with Gasteiger partial charge in [0.05, 0.1) is 49.4 Å². The lowest BCUT2D eigenvalue weighted by Crippen LogP contribution is -2.19. The lowest BCUT2D eigenvalue weighted by Gasteiger charge is -2.19. The fraction of sp³-hybridized carbons (Fsp3) is 0.292. The summed E-state index contributed by atoms with van der Waals surface area (Å²) in [5.74, 6) is -3.76. The van der Waals surface area contributed by atoms with Gasteiger partial charge in [-0.3, -0.25) is 4.98 Å². The van der Waals surface area contributed by atoms with Crippen LogP contribution >= 0.6 is 11.6 Å². The predicted molar refractivity (Wildman–Crippen MR) is 130 cm³/mol. The number of aryl methyl sites for hydroxylation is 1. The van der Waals surface area contributed by atoms with Crippen molar-refractivity contribution in [3.63, 3.8) is 0 Å². The smallest absolute Gasteiger partial charge is 0.340 e. The van der Waals surface area contributed by atoms with Crippen LogP contribution in [0.1, 0.15) is 39.0 Å². The van der Waals surface area contributed by atoms with Gasteiger partial charge in [-0.2, -0.15) is 0 Å². The average Bonchev–Trinajstić information content (AvgIpc) is 2.83. The molecule has 0 aliphatic heterocycles. The lowest BCUT2D eigenvalue weighted by molar-refractivity contribution is -0.134. The van der Waals surface area contributed by atoms with Gasteiger partial charge in [0.25, 0.3) is 0 Å². The van der Waals surface area contributed by atoms with E-state index in [-0.39, 0.29) is 24.3 Å². The Morgan fingerprint density at radius 2 is 1.67 bits per heavy atom. The maximum atomic E-state index is 12.8. The number of halogens is 1. The first-order valence-corrected chi connectivity index (χ1v) is 10.9. The first kappa shape index (κ1) is 30.2. The van der Waals surface area contributed by atoms with Crippen LogP contribution in [0.2, 0.25) is 5.02 Å². The minimum Gasteiger partial charge on any atom is -0.478 e. The molecule has 0 amide bonds. The molecule has 0 saturated carbocycles. The first-order valence-electron chi connectivity index (χ1n) is 10.5. The van der Waals surface area contributed by atoms with Gasteiger partial charge in [0.1, 0.15) is 0 Å². The highest BCUT2D eigenvalue weighted by molar-refractivity contribution is 6.34. The quantitative estimate of drug-likeness (QED) is 0.237. The van der Waals surface area contributed by atoms with E-state index in [1.54, 1.807) is 38.1 Å². The molecule has 0 aliphatic rings. The Morgan fingerprint density at radius 1 is 1.06 bits per heavy atom. The second kappa shape index (κ2) is 15.2. The topological polar surface area (TPSA) is 175 Å². The molecular weight excluding hydrogens is 496 g/mol. The van der Waals surface area contributed by atoms with E-state index in [2.05, 4.69) is 4.98 Å². The molecule has 0 spiro atoms. The van der Waals surface area contributed by atoms with Crippen molar-refractivity contribution < 1.29 is 43.6 Å². The van der Waals surface area contributed by atoms with Crippen LogP contribution in [0.5, 0.6) is 0 Å². The molecule has 1 aromatic heterocycles. The number of carboxylic acid groups (broad SMARTS) is 2. The van der Waals surface area contributed by atoms with Crippen LogP contribution in [-0.4, -0.2) is 65.9 Å². The van der Waals surface area contributed by atoms with Gasteiger partial charge in [-0.05, 0) is 19.9 Å². The van der Waals surface area contributed by atoms with Crippen molar-refractivity contribution >= 4 is 35.5 Å². The zero-order chi connectivity index (χ0) is 27.3. The Hall–Kier alpha value is -3.80. The molecule has 11 nitrogen and oxygen atoms in total. The number of hydrogen-bond donors (Lipinski definition) is 3. The fourth-order valence-electron chi connectivity index (χ4n) is 2.97. The van der Waals surface area contributed by atoms with Crippen LogP contribution in [0.4, 0.5) is 0 Å². The van der Waals surface area contributed by atoms with Gasteiger partial charge < -0.3 is 30.2 Å². The van der Waals surface area contributed by atoms with Crippen LogP contribution < -0.4 is 5.73 Å². The van der Waals surface area contributed by atoms with Gasteiger partial charge in [0.2, 0.25) is 0 Å². The molecule has 0 saturated heterocycles.